The molecule has 6 heterocycles. The second kappa shape index (κ2) is 8.03. The molecular weight excluding hydrogens is 510 g/mol. The van der Waals surface area contributed by atoms with Crippen molar-refractivity contribution in [3.63, 3.8) is 0 Å². The van der Waals surface area contributed by atoms with Crippen molar-refractivity contribution in [2.24, 2.45) is 0 Å². The fourth-order valence-corrected chi connectivity index (χ4v) is 7.10. The Morgan fingerprint density at radius 1 is 0.974 bits per heavy atom. The number of carbonyl (C=O) groups is 1. The number of halogens is 2. The Bertz CT molecular complexity index is 1630. The average Bonchev–Trinajstić information content (AvgIpc) is 3.50. The molecule has 9 nitrogen and oxygen atoms in total. The minimum atomic E-state index is -0.945. The largest absolute Gasteiger partial charge is 0.502 e. The highest BCUT2D eigenvalue weighted by molar-refractivity contribution is 5.96. The highest BCUT2D eigenvalue weighted by Gasteiger charge is 2.50. The lowest BCUT2D eigenvalue weighted by Gasteiger charge is -2.51. The average molecular weight is 535 g/mol. The molecule has 0 aliphatic carbocycles. The van der Waals surface area contributed by atoms with Crippen molar-refractivity contribution in [3.8, 4) is 5.75 Å². The van der Waals surface area contributed by atoms with Gasteiger partial charge in [0.2, 0.25) is 5.43 Å². The summed E-state index contributed by atoms with van der Waals surface area (Å²) in [6, 6.07) is 9.16. The van der Waals surface area contributed by atoms with E-state index in [1.54, 1.807) is 11.0 Å². The van der Waals surface area contributed by atoms with E-state index in [1.165, 1.54) is 16.9 Å². The third-order valence-corrected chi connectivity index (χ3v) is 8.74. The Morgan fingerprint density at radius 2 is 1.82 bits per heavy atom. The van der Waals surface area contributed by atoms with E-state index in [0.717, 1.165) is 29.3 Å². The van der Waals surface area contributed by atoms with E-state index in [4.69, 9.17) is 9.47 Å². The number of aromatic hydroxyl groups is 1. The number of pyridine rings is 1. The standard InChI is InChI=1S/C28H24F2N4O5/c29-19-5-4-15-18(22(19)30)12-32-23-14(16-7-10-39-28(16)32)2-1-3-17(23)24(15)34-21-13-38-11-9-31(21)27(37)25-26(36)20(35)6-8-33(25)34/h1-6,8,16,21,24,28,36H,7,9-13H2. The molecule has 1 N–H and O–H groups in total. The molecule has 200 valence electrons. The molecule has 0 spiro atoms. The summed E-state index contributed by atoms with van der Waals surface area (Å²) >= 11 is 0. The van der Waals surface area contributed by atoms with Gasteiger partial charge in [0.25, 0.3) is 5.91 Å². The van der Waals surface area contributed by atoms with Crippen LogP contribution in [0, 0.1) is 11.6 Å². The molecule has 4 unspecified atom stereocenters. The van der Waals surface area contributed by atoms with Crippen LogP contribution in [-0.4, -0.2) is 59.3 Å². The molecular formula is C28H24F2N4O5. The Hall–Kier alpha value is -3.96. The smallest absolute Gasteiger partial charge is 0.278 e. The molecule has 2 fully saturated rings. The Balaban J connectivity index is 1.45. The zero-order valence-corrected chi connectivity index (χ0v) is 20.7. The summed E-state index contributed by atoms with van der Waals surface area (Å²) in [5.41, 5.74) is 2.70. The highest BCUT2D eigenvalue weighted by Crippen LogP contribution is 2.54. The first kappa shape index (κ1) is 23.0. The number of para-hydroxylation sites is 1. The van der Waals surface area contributed by atoms with Crippen LogP contribution in [-0.2, 0) is 16.0 Å². The Labute approximate surface area is 221 Å². The zero-order valence-electron chi connectivity index (χ0n) is 20.7. The number of morpholine rings is 1. The number of rotatable bonds is 1. The van der Waals surface area contributed by atoms with Gasteiger partial charge in [-0.1, -0.05) is 24.3 Å². The molecule has 0 radical (unpaired) electrons. The highest BCUT2D eigenvalue weighted by atomic mass is 19.2. The van der Waals surface area contributed by atoms with Gasteiger partial charge < -0.3 is 24.4 Å². The van der Waals surface area contributed by atoms with E-state index < -0.39 is 40.9 Å². The molecule has 11 heteroatoms. The molecule has 39 heavy (non-hydrogen) atoms. The molecule has 4 atom stereocenters. The number of aromatic nitrogens is 1. The fourth-order valence-electron chi connectivity index (χ4n) is 7.10. The van der Waals surface area contributed by atoms with Gasteiger partial charge >= 0.3 is 0 Å². The van der Waals surface area contributed by atoms with E-state index >= 15 is 4.39 Å². The van der Waals surface area contributed by atoms with Crippen molar-refractivity contribution >= 4 is 11.6 Å². The SMILES string of the molecule is O=C1c2c(O)c(=O)ccn2N(C2c3ccc(F)c(F)c3CN3c4c(cccc42)C2CCOC23)C2COCCN12. The summed E-state index contributed by atoms with van der Waals surface area (Å²) in [5, 5.41) is 12.6. The number of carbonyl (C=O) groups excluding carboxylic acids is 1. The monoisotopic (exact) mass is 534 g/mol. The number of benzene rings is 2. The van der Waals surface area contributed by atoms with Crippen LogP contribution < -0.4 is 15.3 Å². The molecule has 2 saturated heterocycles. The first-order chi connectivity index (χ1) is 19.0. The lowest BCUT2D eigenvalue weighted by atomic mass is 9.89. The van der Waals surface area contributed by atoms with Gasteiger partial charge in [-0.2, -0.15) is 0 Å². The third kappa shape index (κ3) is 2.94. The fraction of sp³-hybridized carbons (Fsp3) is 0.357. The van der Waals surface area contributed by atoms with Gasteiger partial charge in [-0.25, -0.2) is 8.78 Å². The minimum absolute atomic E-state index is 0.100. The molecule has 1 aromatic heterocycles. The number of ether oxygens (including phenoxy) is 2. The maximum atomic E-state index is 15.7. The number of amides is 1. The first-order valence-corrected chi connectivity index (χ1v) is 13.1. The first-order valence-electron chi connectivity index (χ1n) is 13.1. The van der Waals surface area contributed by atoms with E-state index in [2.05, 4.69) is 6.07 Å². The quantitative estimate of drug-likeness (QED) is 0.514. The van der Waals surface area contributed by atoms with Gasteiger partial charge in [0, 0.05) is 54.7 Å². The number of hydrogen-bond acceptors (Lipinski definition) is 7. The summed E-state index contributed by atoms with van der Waals surface area (Å²) in [5.74, 6) is -2.92. The second-order valence-electron chi connectivity index (χ2n) is 10.6. The second-order valence-corrected chi connectivity index (χ2v) is 10.6. The maximum Gasteiger partial charge on any atom is 0.278 e. The molecule has 2 aromatic carbocycles. The molecule has 1 amide bonds. The lowest BCUT2D eigenvalue weighted by molar-refractivity contribution is -0.0196. The summed E-state index contributed by atoms with van der Waals surface area (Å²) < 4.78 is 43.8. The van der Waals surface area contributed by atoms with Crippen LogP contribution >= 0.6 is 0 Å². The molecule has 5 aliphatic rings. The molecule has 5 aliphatic heterocycles. The molecule has 0 saturated carbocycles. The van der Waals surface area contributed by atoms with Crippen LogP contribution in [0.2, 0.25) is 0 Å². The van der Waals surface area contributed by atoms with Crippen LogP contribution in [0.4, 0.5) is 14.5 Å². The number of hydrogen-bond donors (Lipinski definition) is 1. The summed E-state index contributed by atoms with van der Waals surface area (Å²) in [6.45, 7) is 1.39. The van der Waals surface area contributed by atoms with Gasteiger partial charge in [0.05, 0.1) is 13.2 Å². The minimum Gasteiger partial charge on any atom is -0.502 e. The summed E-state index contributed by atoms with van der Waals surface area (Å²) in [7, 11) is 0. The lowest BCUT2D eigenvalue weighted by Crippen LogP contribution is -2.66. The van der Waals surface area contributed by atoms with E-state index in [1.807, 2.05) is 22.0 Å². The number of fused-ring (bicyclic) bond motifs is 6. The Kier molecular flexibility index (Phi) is 4.73. The number of nitrogens with zero attached hydrogens (tertiary/aromatic N) is 4. The van der Waals surface area contributed by atoms with Gasteiger partial charge in [-0.15, -0.1) is 0 Å². The molecule has 0 bridgehead atoms. The van der Waals surface area contributed by atoms with Crippen LogP contribution in [0.3, 0.4) is 0 Å². The van der Waals surface area contributed by atoms with Crippen LogP contribution in [0.1, 0.15) is 51.1 Å². The third-order valence-electron chi connectivity index (χ3n) is 8.74. The topological polar surface area (TPSA) is 87.5 Å². The van der Waals surface area contributed by atoms with Crippen LogP contribution in [0.15, 0.2) is 47.4 Å². The molecule has 3 aromatic rings. The van der Waals surface area contributed by atoms with Crippen molar-refractivity contribution < 1.29 is 28.2 Å². The molecule has 8 rings (SSSR count). The van der Waals surface area contributed by atoms with Gasteiger partial charge in [-0.3, -0.25) is 19.3 Å². The summed E-state index contributed by atoms with van der Waals surface area (Å²) in [4.78, 5) is 29.6. The zero-order chi connectivity index (χ0) is 26.6. The summed E-state index contributed by atoms with van der Waals surface area (Å²) in [6.07, 6.45) is 1.34. The van der Waals surface area contributed by atoms with Crippen LogP contribution in [0.5, 0.6) is 5.75 Å². The van der Waals surface area contributed by atoms with Gasteiger partial charge in [0.1, 0.15) is 18.4 Å². The van der Waals surface area contributed by atoms with Gasteiger partial charge in [0.15, 0.2) is 23.1 Å². The Morgan fingerprint density at radius 3 is 2.69 bits per heavy atom. The van der Waals surface area contributed by atoms with E-state index in [9.17, 15) is 19.1 Å². The van der Waals surface area contributed by atoms with Crippen molar-refractivity contribution in [1.29, 1.82) is 0 Å². The normalized spacial score (nSPS) is 26.5. The van der Waals surface area contributed by atoms with E-state index in [0.29, 0.717) is 18.8 Å². The van der Waals surface area contributed by atoms with Crippen molar-refractivity contribution in [1.82, 2.24) is 9.58 Å². The predicted molar refractivity (Wildman–Crippen MR) is 134 cm³/mol. The van der Waals surface area contributed by atoms with Crippen molar-refractivity contribution in [3.05, 3.63) is 92.4 Å². The van der Waals surface area contributed by atoms with Gasteiger partial charge in [-0.05, 0) is 23.6 Å². The predicted octanol–water partition coefficient (Wildman–Crippen LogP) is 2.54. The van der Waals surface area contributed by atoms with E-state index in [-0.39, 0.29) is 43.1 Å². The van der Waals surface area contributed by atoms with Crippen LogP contribution in [0.25, 0.3) is 0 Å². The van der Waals surface area contributed by atoms with Crippen molar-refractivity contribution in [2.45, 2.75) is 37.3 Å². The van der Waals surface area contributed by atoms with Crippen molar-refractivity contribution in [2.75, 3.05) is 36.3 Å². The maximum absolute atomic E-state index is 15.7. The number of anilines is 1.